The molecule has 1 aromatic carbocycles. The molecule has 0 saturated carbocycles. The standard InChI is InChI=1S/C17H20N2O/c1-3-12-6-5-7-13-15(11-20)14-10-19(4-2)9-8-16(14)18-17(12)13/h5-7,11H,3-4,8-10H2,1-2H3. The maximum atomic E-state index is 11.6. The molecule has 0 saturated heterocycles. The number of para-hydroxylation sites is 1. The Morgan fingerprint density at radius 3 is 2.90 bits per heavy atom. The largest absolute Gasteiger partial charge is 0.299 e. The Morgan fingerprint density at radius 1 is 1.35 bits per heavy atom. The molecule has 0 fully saturated rings. The van der Waals surface area contributed by atoms with Crippen LogP contribution in [0.25, 0.3) is 10.9 Å². The molecule has 0 atom stereocenters. The fraction of sp³-hybridized carbons (Fsp3) is 0.412. The first-order valence-corrected chi connectivity index (χ1v) is 7.39. The molecule has 0 unspecified atom stereocenters. The van der Waals surface area contributed by atoms with Gasteiger partial charge in [0.1, 0.15) is 0 Å². The lowest BCUT2D eigenvalue weighted by Crippen LogP contribution is -2.31. The summed E-state index contributed by atoms with van der Waals surface area (Å²) in [5, 5.41) is 1.01. The normalized spacial score (nSPS) is 15.3. The van der Waals surface area contributed by atoms with Gasteiger partial charge in [-0.15, -0.1) is 0 Å². The van der Waals surface area contributed by atoms with Crippen molar-refractivity contribution in [2.75, 3.05) is 13.1 Å². The van der Waals surface area contributed by atoms with E-state index in [1.165, 1.54) is 5.56 Å². The third kappa shape index (κ3) is 2.02. The van der Waals surface area contributed by atoms with E-state index < -0.39 is 0 Å². The van der Waals surface area contributed by atoms with Crippen LogP contribution in [-0.2, 0) is 19.4 Å². The molecule has 1 aromatic heterocycles. The number of carbonyl (C=O) groups excluding carboxylic acids is 1. The van der Waals surface area contributed by atoms with Crippen molar-refractivity contribution in [3.8, 4) is 0 Å². The number of benzene rings is 1. The van der Waals surface area contributed by atoms with Gasteiger partial charge < -0.3 is 0 Å². The number of aldehydes is 1. The van der Waals surface area contributed by atoms with E-state index in [-0.39, 0.29) is 0 Å². The van der Waals surface area contributed by atoms with E-state index >= 15 is 0 Å². The third-order valence-corrected chi connectivity index (χ3v) is 4.32. The maximum Gasteiger partial charge on any atom is 0.151 e. The summed E-state index contributed by atoms with van der Waals surface area (Å²) >= 11 is 0. The Bertz CT molecular complexity index is 664. The minimum atomic E-state index is 0.846. The van der Waals surface area contributed by atoms with Crippen LogP contribution in [0, 0.1) is 0 Å². The predicted octanol–water partition coefficient (Wildman–Crippen LogP) is 2.99. The predicted molar refractivity (Wildman–Crippen MR) is 81.2 cm³/mol. The van der Waals surface area contributed by atoms with Crippen LogP contribution in [-0.4, -0.2) is 29.3 Å². The number of hydrogen-bond donors (Lipinski definition) is 0. The maximum absolute atomic E-state index is 11.6. The summed E-state index contributed by atoms with van der Waals surface area (Å²) in [6, 6.07) is 6.16. The highest BCUT2D eigenvalue weighted by Crippen LogP contribution is 2.28. The average Bonchev–Trinajstić information content (AvgIpc) is 2.51. The molecule has 0 aliphatic carbocycles. The van der Waals surface area contributed by atoms with Gasteiger partial charge in [-0.2, -0.15) is 0 Å². The van der Waals surface area contributed by atoms with Crippen LogP contribution < -0.4 is 0 Å². The Kier molecular flexibility index (Phi) is 3.53. The molecule has 0 spiro atoms. The molecular weight excluding hydrogens is 248 g/mol. The van der Waals surface area contributed by atoms with E-state index in [1.54, 1.807) is 0 Å². The number of pyridine rings is 1. The zero-order valence-electron chi connectivity index (χ0n) is 12.1. The molecule has 3 nitrogen and oxygen atoms in total. The third-order valence-electron chi connectivity index (χ3n) is 4.32. The first-order chi connectivity index (χ1) is 9.78. The Hall–Kier alpha value is -1.74. The molecule has 0 radical (unpaired) electrons. The first-order valence-electron chi connectivity index (χ1n) is 7.39. The molecule has 3 heteroatoms. The van der Waals surface area contributed by atoms with Crippen molar-refractivity contribution in [1.82, 2.24) is 9.88 Å². The lowest BCUT2D eigenvalue weighted by Gasteiger charge is -2.28. The molecule has 0 amide bonds. The fourth-order valence-electron chi connectivity index (χ4n) is 3.10. The molecule has 1 aliphatic heterocycles. The second-order valence-corrected chi connectivity index (χ2v) is 5.35. The van der Waals surface area contributed by atoms with Crippen LogP contribution >= 0.6 is 0 Å². The van der Waals surface area contributed by atoms with Crippen molar-refractivity contribution in [3.05, 3.63) is 40.6 Å². The molecule has 104 valence electrons. The van der Waals surface area contributed by atoms with Crippen molar-refractivity contribution in [2.45, 2.75) is 33.2 Å². The Balaban J connectivity index is 2.27. The van der Waals surface area contributed by atoms with Crippen molar-refractivity contribution in [3.63, 3.8) is 0 Å². The van der Waals surface area contributed by atoms with E-state index in [0.29, 0.717) is 0 Å². The molecular formula is C17H20N2O. The fourth-order valence-corrected chi connectivity index (χ4v) is 3.10. The summed E-state index contributed by atoms with van der Waals surface area (Å²) in [5.41, 5.74) is 5.34. The second-order valence-electron chi connectivity index (χ2n) is 5.35. The highest BCUT2D eigenvalue weighted by Gasteiger charge is 2.21. The number of aryl methyl sites for hydroxylation is 1. The summed E-state index contributed by atoms with van der Waals surface area (Å²) in [6.45, 7) is 7.20. The Morgan fingerprint density at radius 2 is 2.20 bits per heavy atom. The zero-order chi connectivity index (χ0) is 14.1. The summed E-state index contributed by atoms with van der Waals surface area (Å²) in [5.74, 6) is 0. The van der Waals surface area contributed by atoms with E-state index in [9.17, 15) is 4.79 Å². The number of aromatic nitrogens is 1. The Labute approximate surface area is 119 Å². The highest BCUT2D eigenvalue weighted by atomic mass is 16.1. The van der Waals surface area contributed by atoms with Gasteiger partial charge in [0.05, 0.1) is 5.52 Å². The zero-order valence-corrected chi connectivity index (χ0v) is 12.1. The van der Waals surface area contributed by atoms with Gasteiger partial charge in [-0.05, 0) is 24.1 Å². The molecule has 2 heterocycles. The van der Waals surface area contributed by atoms with Crippen LogP contribution in [0.2, 0.25) is 0 Å². The molecule has 20 heavy (non-hydrogen) atoms. The van der Waals surface area contributed by atoms with Gasteiger partial charge in [0.2, 0.25) is 0 Å². The van der Waals surface area contributed by atoms with Gasteiger partial charge in [-0.3, -0.25) is 14.7 Å². The number of likely N-dealkylation sites (N-methyl/N-ethyl adjacent to an activating group) is 1. The number of carbonyl (C=O) groups is 1. The van der Waals surface area contributed by atoms with Crippen molar-refractivity contribution in [2.24, 2.45) is 0 Å². The summed E-state index contributed by atoms with van der Waals surface area (Å²) in [6.07, 6.45) is 2.90. The summed E-state index contributed by atoms with van der Waals surface area (Å²) < 4.78 is 0. The topological polar surface area (TPSA) is 33.2 Å². The van der Waals surface area contributed by atoms with Gasteiger partial charge in [0.15, 0.2) is 6.29 Å². The smallest absolute Gasteiger partial charge is 0.151 e. The van der Waals surface area contributed by atoms with Gasteiger partial charge in [0.25, 0.3) is 0 Å². The molecule has 0 N–H and O–H groups in total. The van der Waals surface area contributed by atoms with Crippen LogP contribution in [0.3, 0.4) is 0 Å². The van der Waals surface area contributed by atoms with Crippen molar-refractivity contribution < 1.29 is 4.79 Å². The van der Waals surface area contributed by atoms with Crippen LogP contribution in [0.15, 0.2) is 18.2 Å². The first kappa shape index (κ1) is 13.3. The average molecular weight is 268 g/mol. The molecule has 3 rings (SSSR count). The van der Waals surface area contributed by atoms with Crippen molar-refractivity contribution >= 4 is 17.2 Å². The lowest BCUT2D eigenvalue weighted by molar-refractivity contribution is 0.112. The molecule has 1 aliphatic rings. The number of rotatable bonds is 3. The van der Waals surface area contributed by atoms with Crippen LogP contribution in [0.5, 0.6) is 0 Å². The highest BCUT2D eigenvalue weighted by molar-refractivity contribution is 5.99. The number of fused-ring (bicyclic) bond motifs is 2. The van der Waals surface area contributed by atoms with E-state index in [1.807, 2.05) is 12.1 Å². The second kappa shape index (κ2) is 5.33. The van der Waals surface area contributed by atoms with Crippen LogP contribution in [0.1, 0.15) is 41.0 Å². The minimum absolute atomic E-state index is 0.846. The lowest BCUT2D eigenvalue weighted by atomic mass is 9.95. The van der Waals surface area contributed by atoms with Gasteiger partial charge in [-0.25, -0.2) is 0 Å². The molecule has 0 bridgehead atoms. The monoisotopic (exact) mass is 268 g/mol. The van der Waals surface area contributed by atoms with Crippen LogP contribution in [0.4, 0.5) is 0 Å². The van der Waals surface area contributed by atoms with E-state index in [4.69, 9.17) is 4.98 Å². The minimum Gasteiger partial charge on any atom is -0.299 e. The van der Waals surface area contributed by atoms with Crippen molar-refractivity contribution in [1.29, 1.82) is 0 Å². The van der Waals surface area contributed by atoms with Gasteiger partial charge in [-0.1, -0.05) is 32.0 Å². The van der Waals surface area contributed by atoms with Gasteiger partial charge >= 0.3 is 0 Å². The van der Waals surface area contributed by atoms with E-state index in [2.05, 4.69) is 24.8 Å². The summed E-state index contributed by atoms with van der Waals surface area (Å²) in [4.78, 5) is 18.9. The number of nitrogens with zero attached hydrogens (tertiary/aromatic N) is 2. The molecule has 2 aromatic rings. The SMILES string of the molecule is CCc1cccc2c(C=O)c3c(nc12)CCN(CC)C3. The number of hydrogen-bond acceptors (Lipinski definition) is 3. The summed E-state index contributed by atoms with van der Waals surface area (Å²) in [7, 11) is 0. The van der Waals surface area contributed by atoms with E-state index in [0.717, 1.165) is 66.5 Å². The quantitative estimate of drug-likeness (QED) is 0.802. The van der Waals surface area contributed by atoms with Gasteiger partial charge in [0, 0.05) is 36.2 Å².